The minimum atomic E-state index is -0.503. The van der Waals surface area contributed by atoms with Crippen LogP contribution in [0.25, 0.3) is 0 Å². The van der Waals surface area contributed by atoms with Crippen molar-refractivity contribution in [3.63, 3.8) is 0 Å². The van der Waals surface area contributed by atoms with Crippen LogP contribution >= 0.6 is 0 Å². The van der Waals surface area contributed by atoms with Crippen molar-refractivity contribution >= 4 is 17.6 Å². The van der Waals surface area contributed by atoms with Crippen LogP contribution in [0.15, 0.2) is 18.2 Å². The maximum absolute atomic E-state index is 10.3. The summed E-state index contributed by atoms with van der Waals surface area (Å²) in [5.41, 5.74) is 6.33. The predicted molar refractivity (Wildman–Crippen MR) is 44.6 cm³/mol. The first-order valence-corrected chi connectivity index (χ1v) is 3.24. The van der Waals surface area contributed by atoms with Gasteiger partial charge >= 0.3 is 0 Å². The molecule has 1 aromatic rings. The lowest BCUT2D eigenvalue weighted by atomic mass is 10.2. The molecular formula is C7H8N3O2+. The minimum absolute atomic E-state index is 0.0295. The number of hydrogen-bond acceptors (Lipinski definition) is 3. The molecule has 1 aromatic carbocycles. The molecule has 4 N–H and O–H groups in total. The van der Waals surface area contributed by atoms with Crippen LogP contribution in [0, 0.1) is 10.1 Å². The first-order chi connectivity index (χ1) is 5.65. The first kappa shape index (κ1) is 8.19. The quantitative estimate of drug-likeness (QED) is 0.264. The maximum Gasteiger partial charge on any atom is 0.271 e. The van der Waals surface area contributed by atoms with E-state index in [-0.39, 0.29) is 5.69 Å². The second-order valence-corrected chi connectivity index (χ2v) is 2.24. The molecule has 0 fully saturated rings. The van der Waals surface area contributed by atoms with Gasteiger partial charge in [-0.05, 0) is 6.07 Å². The second kappa shape index (κ2) is 3.00. The molecule has 0 atom stereocenters. The Morgan fingerprint density at radius 3 is 2.67 bits per heavy atom. The lowest BCUT2D eigenvalue weighted by molar-refractivity contribution is -0.384. The van der Waals surface area contributed by atoms with Gasteiger partial charge in [0, 0.05) is 12.1 Å². The number of benzene rings is 1. The van der Waals surface area contributed by atoms with Gasteiger partial charge in [0.2, 0.25) is 0 Å². The first-order valence-electron chi connectivity index (χ1n) is 3.24. The predicted octanol–water partition coefficient (Wildman–Crippen LogP) is -0.645. The number of nitrogen functional groups attached to an aromatic ring is 1. The Kier molecular flexibility index (Phi) is 2.05. The zero-order valence-electron chi connectivity index (χ0n) is 6.23. The second-order valence-electron chi connectivity index (χ2n) is 2.24. The van der Waals surface area contributed by atoms with Crippen molar-refractivity contribution in [2.24, 2.45) is 0 Å². The third-order valence-electron chi connectivity index (χ3n) is 1.46. The highest BCUT2D eigenvalue weighted by molar-refractivity contribution is 5.83. The number of anilines is 1. The smallest absolute Gasteiger partial charge is 0.271 e. The van der Waals surface area contributed by atoms with Gasteiger partial charge in [0.15, 0.2) is 6.21 Å². The van der Waals surface area contributed by atoms with E-state index in [1.807, 2.05) is 0 Å². The molecule has 0 heterocycles. The third kappa shape index (κ3) is 1.39. The Labute approximate surface area is 68.5 Å². The molecule has 0 aliphatic rings. The zero-order valence-corrected chi connectivity index (χ0v) is 6.23. The molecule has 1 rings (SSSR count). The third-order valence-corrected chi connectivity index (χ3v) is 1.46. The van der Waals surface area contributed by atoms with Crippen LogP contribution in [0.1, 0.15) is 5.56 Å². The molecule has 0 amide bonds. The molecule has 0 spiro atoms. The van der Waals surface area contributed by atoms with Gasteiger partial charge in [-0.1, -0.05) is 0 Å². The van der Waals surface area contributed by atoms with Gasteiger partial charge in [0.05, 0.1) is 16.2 Å². The fraction of sp³-hybridized carbons (Fsp3) is 0. The number of rotatable bonds is 2. The van der Waals surface area contributed by atoms with E-state index in [1.165, 1.54) is 24.4 Å². The molecular weight excluding hydrogens is 158 g/mol. The molecule has 0 radical (unpaired) electrons. The fourth-order valence-corrected chi connectivity index (χ4v) is 0.827. The van der Waals surface area contributed by atoms with Gasteiger partial charge in [-0.15, -0.1) is 0 Å². The van der Waals surface area contributed by atoms with Crippen molar-refractivity contribution in [3.8, 4) is 0 Å². The molecule has 0 saturated heterocycles. The molecule has 5 heteroatoms. The van der Waals surface area contributed by atoms with E-state index in [4.69, 9.17) is 11.1 Å². The van der Waals surface area contributed by atoms with E-state index >= 15 is 0 Å². The molecule has 0 aliphatic heterocycles. The van der Waals surface area contributed by atoms with Gasteiger partial charge in [-0.3, -0.25) is 15.5 Å². The van der Waals surface area contributed by atoms with Gasteiger partial charge < -0.3 is 5.73 Å². The monoisotopic (exact) mass is 166 g/mol. The lowest BCUT2D eigenvalue weighted by Crippen LogP contribution is -2.30. The van der Waals surface area contributed by atoms with E-state index in [1.54, 1.807) is 0 Å². The van der Waals surface area contributed by atoms with E-state index in [0.717, 1.165) is 0 Å². The number of non-ortho nitro benzene ring substituents is 1. The van der Waals surface area contributed by atoms with Crippen LogP contribution in [0.2, 0.25) is 0 Å². The SMILES string of the molecule is Nc1cc([N+](=O)[O-])ccc1C=[NH2+]. The van der Waals surface area contributed by atoms with Crippen molar-refractivity contribution in [1.29, 1.82) is 0 Å². The number of hydrogen-bond donors (Lipinski definition) is 2. The van der Waals surface area contributed by atoms with Crippen LogP contribution in [0.3, 0.4) is 0 Å². The molecule has 0 unspecified atom stereocenters. The molecule has 0 bridgehead atoms. The lowest BCUT2D eigenvalue weighted by Gasteiger charge is -1.95. The number of nitrogens with two attached hydrogens (primary N) is 2. The van der Waals surface area contributed by atoms with Crippen molar-refractivity contribution in [1.82, 2.24) is 0 Å². The van der Waals surface area contributed by atoms with Crippen LogP contribution in [-0.2, 0) is 0 Å². The summed E-state index contributed by atoms with van der Waals surface area (Å²) in [5.74, 6) is 0. The Morgan fingerprint density at radius 2 is 2.25 bits per heavy atom. The van der Waals surface area contributed by atoms with Gasteiger partial charge in [0.1, 0.15) is 0 Å². The summed E-state index contributed by atoms with van der Waals surface area (Å²) in [4.78, 5) is 9.76. The highest BCUT2D eigenvalue weighted by Gasteiger charge is 2.07. The van der Waals surface area contributed by atoms with Crippen molar-refractivity contribution in [2.45, 2.75) is 0 Å². The fourth-order valence-electron chi connectivity index (χ4n) is 0.827. The van der Waals surface area contributed by atoms with Crippen molar-refractivity contribution in [3.05, 3.63) is 33.9 Å². The highest BCUT2D eigenvalue weighted by Crippen LogP contribution is 2.17. The molecule has 0 aliphatic carbocycles. The Hall–Kier alpha value is -1.91. The maximum atomic E-state index is 10.3. The summed E-state index contributed by atoms with van der Waals surface area (Å²) in [7, 11) is 0. The topological polar surface area (TPSA) is 94.8 Å². The van der Waals surface area contributed by atoms with Crippen molar-refractivity contribution < 1.29 is 10.3 Å². The van der Waals surface area contributed by atoms with Crippen LogP contribution in [-0.4, -0.2) is 11.1 Å². The zero-order chi connectivity index (χ0) is 9.14. The largest absolute Gasteiger partial charge is 0.398 e. The number of nitro groups is 1. The van der Waals surface area contributed by atoms with E-state index in [9.17, 15) is 10.1 Å². The summed E-state index contributed by atoms with van der Waals surface area (Å²) in [6.45, 7) is 0. The van der Waals surface area contributed by atoms with E-state index < -0.39 is 4.92 Å². The molecule has 62 valence electrons. The van der Waals surface area contributed by atoms with Gasteiger partial charge in [-0.2, -0.15) is 0 Å². The molecule has 5 nitrogen and oxygen atoms in total. The Balaban J connectivity index is 3.18. The molecule has 0 aromatic heterocycles. The van der Waals surface area contributed by atoms with Crippen LogP contribution < -0.4 is 11.1 Å². The highest BCUT2D eigenvalue weighted by atomic mass is 16.6. The minimum Gasteiger partial charge on any atom is -0.398 e. The average molecular weight is 166 g/mol. The van der Waals surface area contributed by atoms with Gasteiger partial charge in [-0.25, -0.2) is 0 Å². The molecule has 12 heavy (non-hydrogen) atoms. The Bertz CT molecular complexity index is 335. The van der Waals surface area contributed by atoms with Crippen molar-refractivity contribution in [2.75, 3.05) is 5.73 Å². The normalized spacial score (nSPS) is 9.33. The van der Waals surface area contributed by atoms with Crippen LogP contribution in [0.5, 0.6) is 0 Å². The Morgan fingerprint density at radius 1 is 1.58 bits per heavy atom. The summed E-state index contributed by atoms with van der Waals surface area (Å²) in [6, 6.07) is 4.14. The number of nitrogens with zero attached hydrogens (tertiary/aromatic N) is 1. The van der Waals surface area contributed by atoms with E-state index in [0.29, 0.717) is 11.3 Å². The summed E-state index contributed by atoms with van der Waals surface area (Å²) in [6.07, 6.45) is 1.30. The molecule has 0 saturated carbocycles. The van der Waals surface area contributed by atoms with Gasteiger partial charge in [0.25, 0.3) is 5.69 Å². The summed E-state index contributed by atoms with van der Waals surface area (Å²) in [5, 5.41) is 15.5. The summed E-state index contributed by atoms with van der Waals surface area (Å²) >= 11 is 0. The van der Waals surface area contributed by atoms with Crippen LogP contribution in [0.4, 0.5) is 11.4 Å². The summed E-state index contributed by atoms with van der Waals surface area (Å²) < 4.78 is 0. The van der Waals surface area contributed by atoms with E-state index in [2.05, 4.69) is 0 Å². The average Bonchev–Trinajstić information content (AvgIpc) is 2.04. The standard InChI is InChI=1S/C7H7N3O2/c8-4-5-1-2-6(10(11)12)3-7(5)9/h1-4,8H,9H2/p+1. The number of nitro benzene ring substituents is 1.